The van der Waals surface area contributed by atoms with Crippen LogP contribution in [0.1, 0.15) is 51.3 Å². The van der Waals surface area contributed by atoms with Crippen molar-refractivity contribution in [3.05, 3.63) is 55.0 Å². The molecule has 2 amide bonds. The molecule has 2 N–H and O–H groups in total. The van der Waals surface area contributed by atoms with Gasteiger partial charge in [0.25, 0.3) is 0 Å². The monoisotopic (exact) mass is 460 g/mol. The second-order valence-electron chi connectivity index (χ2n) is 7.64. The fraction of sp³-hybridized carbons (Fsp3) is 0.409. The maximum Gasteiger partial charge on any atom is 0.348 e. The summed E-state index contributed by atoms with van der Waals surface area (Å²) in [6, 6.07) is 4.47. The molecule has 0 spiro atoms. The zero-order valence-corrected chi connectivity index (χ0v) is 19.0. The van der Waals surface area contributed by atoms with Crippen molar-refractivity contribution in [1.82, 2.24) is 10.6 Å². The van der Waals surface area contributed by atoms with Crippen LogP contribution in [0, 0.1) is 5.92 Å². The third-order valence-corrected chi connectivity index (χ3v) is 7.51. The minimum Gasteiger partial charge on any atom is -0.463 e. The molecule has 1 aliphatic heterocycles. The summed E-state index contributed by atoms with van der Waals surface area (Å²) < 4.78 is 10.7. The van der Waals surface area contributed by atoms with Crippen molar-refractivity contribution in [2.75, 3.05) is 13.2 Å². The topological polar surface area (TPSA) is 93.7 Å². The Hall–Kier alpha value is -2.65. The molecule has 0 saturated heterocycles. The average molecular weight is 461 g/mol. The number of carbonyl (C=O) groups is 3. The van der Waals surface area contributed by atoms with Gasteiger partial charge in [-0.1, -0.05) is 13.0 Å². The Morgan fingerprint density at radius 3 is 2.84 bits per heavy atom. The zero-order valence-electron chi connectivity index (χ0n) is 17.4. The van der Waals surface area contributed by atoms with E-state index in [0.717, 1.165) is 24.1 Å². The molecule has 2 atom stereocenters. The molecule has 0 aromatic carbocycles. The van der Waals surface area contributed by atoms with Gasteiger partial charge in [0.15, 0.2) is 0 Å². The van der Waals surface area contributed by atoms with E-state index in [0.29, 0.717) is 10.8 Å². The van der Waals surface area contributed by atoms with Gasteiger partial charge in [-0.25, -0.2) is 14.4 Å². The molecule has 0 bridgehead atoms. The molecule has 0 unspecified atom stereocenters. The molecule has 9 heteroatoms. The lowest BCUT2D eigenvalue weighted by Gasteiger charge is -2.28. The smallest absolute Gasteiger partial charge is 0.348 e. The number of esters is 2. The first-order valence-electron chi connectivity index (χ1n) is 10.3. The molecule has 0 saturated carbocycles. The molecule has 3 heterocycles. The molecule has 31 heavy (non-hydrogen) atoms. The fourth-order valence-electron chi connectivity index (χ4n) is 3.87. The van der Waals surface area contributed by atoms with Gasteiger partial charge < -0.3 is 20.1 Å². The molecule has 0 fully saturated rings. The molecule has 1 aliphatic carbocycles. The molecule has 2 aromatic rings. The standard InChI is InChI=1S/C22H24N2O5S2/c1-3-28-21(26)18-14(23-22(27)24-19(18)16-5-4-8-30-16)11-29-20(25)17-10-13-9-12(2)6-7-15(13)31-17/h4-5,8,10,12,19H,3,6-7,9,11H2,1-2H3,(H2,23,24,27)/t12-,19+/m1/s1. The normalized spacial score (nSPS) is 20.5. The molecular weight excluding hydrogens is 436 g/mol. The van der Waals surface area contributed by atoms with Crippen LogP contribution in [0.25, 0.3) is 0 Å². The third kappa shape index (κ3) is 4.67. The number of urea groups is 1. The number of ether oxygens (including phenoxy) is 2. The summed E-state index contributed by atoms with van der Waals surface area (Å²) >= 11 is 2.89. The third-order valence-electron chi connectivity index (χ3n) is 5.35. The van der Waals surface area contributed by atoms with Gasteiger partial charge in [0.1, 0.15) is 11.5 Å². The number of thiophene rings is 2. The van der Waals surface area contributed by atoms with Gasteiger partial charge in [-0.3, -0.25) is 0 Å². The summed E-state index contributed by atoms with van der Waals surface area (Å²) in [7, 11) is 0. The second-order valence-corrected chi connectivity index (χ2v) is 9.76. The number of hydrogen-bond acceptors (Lipinski definition) is 7. The number of nitrogens with one attached hydrogen (secondary N) is 2. The van der Waals surface area contributed by atoms with E-state index in [1.54, 1.807) is 6.92 Å². The van der Waals surface area contributed by atoms with Crippen LogP contribution in [-0.2, 0) is 27.1 Å². The van der Waals surface area contributed by atoms with Crippen molar-refractivity contribution in [3.8, 4) is 0 Å². The van der Waals surface area contributed by atoms with Crippen LogP contribution in [-0.4, -0.2) is 31.2 Å². The largest absolute Gasteiger partial charge is 0.463 e. The van der Waals surface area contributed by atoms with Crippen molar-refractivity contribution in [1.29, 1.82) is 0 Å². The number of aryl methyl sites for hydroxylation is 1. The Kier molecular flexibility index (Phi) is 6.43. The highest BCUT2D eigenvalue weighted by Crippen LogP contribution is 2.33. The van der Waals surface area contributed by atoms with E-state index >= 15 is 0 Å². The first-order chi connectivity index (χ1) is 15.0. The Balaban J connectivity index is 1.56. The first kappa shape index (κ1) is 21.6. The van der Waals surface area contributed by atoms with Crippen molar-refractivity contribution < 1.29 is 23.9 Å². The van der Waals surface area contributed by atoms with Crippen molar-refractivity contribution in [2.24, 2.45) is 5.92 Å². The number of rotatable bonds is 6. The van der Waals surface area contributed by atoms with Crippen LogP contribution in [0.4, 0.5) is 4.79 Å². The average Bonchev–Trinajstić information content (AvgIpc) is 3.41. The molecule has 164 valence electrons. The lowest BCUT2D eigenvalue weighted by molar-refractivity contribution is -0.139. The zero-order chi connectivity index (χ0) is 22.0. The fourth-order valence-corrected chi connectivity index (χ4v) is 5.75. The predicted octanol–water partition coefficient (Wildman–Crippen LogP) is 3.96. The van der Waals surface area contributed by atoms with E-state index in [1.807, 2.05) is 23.6 Å². The highest BCUT2D eigenvalue weighted by molar-refractivity contribution is 7.14. The Labute approximate surface area is 188 Å². The lowest BCUT2D eigenvalue weighted by atomic mass is 9.90. The van der Waals surface area contributed by atoms with E-state index in [-0.39, 0.29) is 24.5 Å². The first-order valence-corrected chi connectivity index (χ1v) is 12.0. The van der Waals surface area contributed by atoms with Crippen LogP contribution in [0.5, 0.6) is 0 Å². The van der Waals surface area contributed by atoms with Crippen molar-refractivity contribution in [3.63, 3.8) is 0 Å². The van der Waals surface area contributed by atoms with E-state index in [4.69, 9.17) is 9.47 Å². The predicted molar refractivity (Wildman–Crippen MR) is 118 cm³/mol. The van der Waals surface area contributed by atoms with Crippen LogP contribution >= 0.6 is 22.7 Å². The van der Waals surface area contributed by atoms with E-state index in [1.165, 1.54) is 33.1 Å². The van der Waals surface area contributed by atoms with Crippen LogP contribution < -0.4 is 10.6 Å². The maximum absolute atomic E-state index is 12.7. The Bertz CT molecular complexity index is 1020. The number of hydrogen-bond donors (Lipinski definition) is 2. The van der Waals surface area contributed by atoms with E-state index in [2.05, 4.69) is 17.6 Å². The van der Waals surface area contributed by atoms with Gasteiger partial charge in [-0.05, 0) is 55.2 Å². The molecule has 2 aliphatic rings. The van der Waals surface area contributed by atoms with Gasteiger partial charge in [0, 0.05) is 9.75 Å². The molecular formula is C22H24N2O5S2. The summed E-state index contributed by atoms with van der Waals surface area (Å²) in [6.07, 6.45) is 3.08. The molecule has 0 radical (unpaired) electrons. The summed E-state index contributed by atoms with van der Waals surface area (Å²) in [5.41, 5.74) is 1.70. The van der Waals surface area contributed by atoms with E-state index < -0.39 is 24.0 Å². The van der Waals surface area contributed by atoms with Crippen LogP contribution in [0.3, 0.4) is 0 Å². The highest BCUT2D eigenvalue weighted by atomic mass is 32.1. The summed E-state index contributed by atoms with van der Waals surface area (Å²) in [6.45, 7) is 3.90. The van der Waals surface area contributed by atoms with Gasteiger partial charge in [-0.15, -0.1) is 22.7 Å². The molecule has 2 aromatic heterocycles. The molecule has 7 nitrogen and oxygen atoms in total. The Morgan fingerprint density at radius 1 is 1.26 bits per heavy atom. The summed E-state index contributed by atoms with van der Waals surface area (Å²) in [5, 5.41) is 7.24. The second kappa shape index (κ2) is 9.23. The van der Waals surface area contributed by atoms with Crippen molar-refractivity contribution >= 4 is 40.6 Å². The SMILES string of the molecule is CCOC(=O)C1=C(COC(=O)c2cc3c(s2)CC[C@@H](C)C3)NC(=O)N[C@H]1c1cccs1. The summed E-state index contributed by atoms with van der Waals surface area (Å²) in [4.78, 5) is 40.2. The van der Waals surface area contributed by atoms with Crippen LogP contribution in [0.2, 0.25) is 0 Å². The van der Waals surface area contributed by atoms with Crippen LogP contribution in [0.15, 0.2) is 34.8 Å². The number of fused-ring (bicyclic) bond motifs is 1. The molecule has 4 rings (SSSR count). The van der Waals surface area contributed by atoms with E-state index in [9.17, 15) is 14.4 Å². The number of carbonyl (C=O) groups excluding carboxylic acids is 3. The number of amides is 2. The van der Waals surface area contributed by atoms with Crippen molar-refractivity contribution in [2.45, 2.75) is 39.2 Å². The minimum atomic E-state index is -0.656. The van der Waals surface area contributed by atoms with Gasteiger partial charge in [0.05, 0.1) is 23.9 Å². The van der Waals surface area contributed by atoms with Gasteiger partial charge >= 0.3 is 18.0 Å². The summed E-state index contributed by atoms with van der Waals surface area (Å²) in [5.74, 6) is -0.398. The Morgan fingerprint density at radius 2 is 2.10 bits per heavy atom. The van der Waals surface area contributed by atoms with Gasteiger partial charge in [-0.2, -0.15) is 0 Å². The lowest BCUT2D eigenvalue weighted by Crippen LogP contribution is -2.46. The quantitative estimate of drug-likeness (QED) is 0.637. The minimum absolute atomic E-state index is 0.194. The maximum atomic E-state index is 12.7. The van der Waals surface area contributed by atoms with Gasteiger partial charge in [0.2, 0.25) is 0 Å². The highest BCUT2D eigenvalue weighted by Gasteiger charge is 2.35.